The molecule has 0 unspecified atom stereocenters. The van der Waals surface area contributed by atoms with Gasteiger partial charge in [-0.25, -0.2) is 0 Å². The van der Waals surface area contributed by atoms with Gasteiger partial charge in [-0.05, 0) is 62.4 Å². The number of nitrogens with one attached hydrogen (secondary N) is 2. The van der Waals surface area contributed by atoms with Crippen LogP contribution in [0.3, 0.4) is 0 Å². The van der Waals surface area contributed by atoms with Crippen LogP contribution in [0.4, 0.5) is 37.7 Å². The van der Waals surface area contributed by atoms with Crippen molar-refractivity contribution in [2.45, 2.75) is 26.2 Å². The molecule has 0 bridgehead atoms. The Kier molecular flexibility index (Phi) is 9.47. The van der Waals surface area contributed by atoms with Crippen molar-refractivity contribution >= 4 is 46.4 Å². The molecule has 0 saturated heterocycles. The number of alkyl halides is 6. The molecule has 0 aromatic heterocycles. The van der Waals surface area contributed by atoms with Crippen LogP contribution in [0.1, 0.15) is 45.7 Å². The van der Waals surface area contributed by atoms with Crippen molar-refractivity contribution in [2.24, 2.45) is 0 Å². The average Bonchev–Trinajstić information content (AvgIpc) is 2.85. The molecule has 0 fully saturated rings. The maximum Gasteiger partial charge on any atom is 0.417 e. The summed E-state index contributed by atoms with van der Waals surface area (Å²) in [5, 5.41) is 3.54. The van der Waals surface area contributed by atoms with E-state index in [0.29, 0.717) is 12.1 Å². The molecule has 0 aliphatic rings. The second-order valence-electron chi connectivity index (χ2n) is 8.00. The zero-order chi connectivity index (χ0) is 29.8. The van der Waals surface area contributed by atoms with Crippen LogP contribution in [0.25, 0.3) is 0 Å². The fraction of sp³-hybridized carbons (Fsp3) is 0.231. The molecule has 2 amide bonds. The molecule has 3 rings (SSSR count). The van der Waals surface area contributed by atoms with Crippen molar-refractivity contribution in [3.05, 3.63) is 80.8 Å². The zero-order valence-electron chi connectivity index (χ0n) is 20.7. The molecule has 0 spiro atoms. The molecule has 14 heteroatoms. The van der Waals surface area contributed by atoms with Crippen molar-refractivity contribution in [1.29, 1.82) is 0 Å². The van der Waals surface area contributed by atoms with Gasteiger partial charge in [-0.1, -0.05) is 23.2 Å². The topological polar surface area (TPSA) is 76.7 Å². The van der Waals surface area contributed by atoms with Crippen LogP contribution in [0, 0.1) is 0 Å². The molecule has 3 aromatic carbocycles. The summed E-state index contributed by atoms with van der Waals surface area (Å²) in [5.41, 5.74) is -3.11. The van der Waals surface area contributed by atoms with Crippen LogP contribution in [0.5, 0.6) is 11.5 Å². The Bertz CT molecular complexity index is 1320. The minimum atomic E-state index is -4.77. The molecule has 0 aliphatic carbocycles. The quantitative estimate of drug-likeness (QED) is 0.252. The largest absolute Gasteiger partial charge is 0.493 e. The molecular weight excluding hydrogens is 589 g/mol. The first kappa shape index (κ1) is 30.9. The molecule has 0 heterocycles. The third kappa shape index (κ3) is 7.30. The number of hydrogen-bond donors (Lipinski definition) is 2. The van der Waals surface area contributed by atoms with Crippen LogP contribution >= 0.6 is 23.2 Å². The lowest BCUT2D eigenvalue weighted by atomic mass is 10.1. The Morgan fingerprint density at radius 2 is 1.02 bits per heavy atom. The number of amides is 2. The fourth-order valence-electron chi connectivity index (χ4n) is 3.50. The number of rotatable bonds is 8. The van der Waals surface area contributed by atoms with Crippen molar-refractivity contribution in [2.75, 3.05) is 23.8 Å². The SMILES string of the molecule is CCOc1cc(C(=O)Nc2ccc(Cl)c(C(F)(F)F)c2)c(OCC)cc1C(=O)Nc1ccc(Cl)c(C(F)(F)F)c1. The highest BCUT2D eigenvalue weighted by Gasteiger charge is 2.34. The van der Waals surface area contributed by atoms with Gasteiger partial charge < -0.3 is 20.1 Å². The summed E-state index contributed by atoms with van der Waals surface area (Å²) in [4.78, 5) is 26.1. The average molecular weight is 609 g/mol. The van der Waals surface area contributed by atoms with Gasteiger partial charge in [-0.2, -0.15) is 26.3 Å². The molecule has 0 radical (unpaired) electrons. The van der Waals surface area contributed by atoms with Crippen molar-refractivity contribution in [3.8, 4) is 11.5 Å². The second-order valence-corrected chi connectivity index (χ2v) is 8.82. The lowest BCUT2D eigenvalue weighted by molar-refractivity contribution is -0.138. The molecule has 0 atom stereocenters. The minimum Gasteiger partial charge on any atom is -0.493 e. The van der Waals surface area contributed by atoms with E-state index in [9.17, 15) is 35.9 Å². The van der Waals surface area contributed by atoms with Gasteiger partial charge in [0.15, 0.2) is 0 Å². The minimum absolute atomic E-state index is 0.0284. The smallest absolute Gasteiger partial charge is 0.417 e. The highest BCUT2D eigenvalue weighted by molar-refractivity contribution is 6.32. The van der Waals surface area contributed by atoms with Crippen molar-refractivity contribution in [1.82, 2.24) is 0 Å². The Hall–Kier alpha value is -3.64. The van der Waals surface area contributed by atoms with Crippen LogP contribution in [0.2, 0.25) is 10.0 Å². The van der Waals surface area contributed by atoms with Crippen molar-refractivity contribution < 1.29 is 45.4 Å². The molecule has 40 heavy (non-hydrogen) atoms. The van der Waals surface area contributed by atoms with Crippen LogP contribution in [0.15, 0.2) is 48.5 Å². The molecule has 3 aromatic rings. The van der Waals surface area contributed by atoms with E-state index in [0.717, 1.165) is 24.3 Å². The maximum absolute atomic E-state index is 13.2. The first-order chi connectivity index (χ1) is 18.6. The van der Waals surface area contributed by atoms with Crippen molar-refractivity contribution in [3.63, 3.8) is 0 Å². The van der Waals surface area contributed by atoms with E-state index in [2.05, 4.69) is 10.6 Å². The van der Waals surface area contributed by atoms with Gasteiger partial charge in [0, 0.05) is 11.4 Å². The van der Waals surface area contributed by atoms with Gasteiger partial charge in [0.05, 0.1) is 45.5 Å². The maximum atomic E-state index is 13.2. The Labute approximate surface area is 234 Å². The van der Waals surface area contributed by atoms with E-state index in [1.807, 2.05) is 0 Å². The van der Waals surface area contributed by atoms with E-state index in [1.165, 1.54) is 12.1 Å². The molecule has 214 valence electrons. The lowest BCUT2D eigenvalue weighted by Crippen LogP contribution is -2.18. The number of halogens is 8. The number of hydrogen-bond acceptors (Lipinski definition) is 4. The predicted molar refractivity (Wildman–Crippen MR) is 138 cm³/mol. The molecule has 0 saturated carbocycles. The highest BCUT2D eigenvalue weighted by Crippen LogP contribution is 2.38. The summed E-state index contributed by atoms with van der Waals surface area (Å²) < 4.78 is 90.4. The number of anilines is 2. The standard InChI is InChI=1S/C26H20Cl2F6N2O4/c1-3-39-21-11-16(24(38)36-14-6-8-20(28)18(10-14)26(32,33)34)22(40-4-2)12-15(21)23(37)35-13-5-7-19(27)17(9-13)25(29,30)31/h5-12H,3-4H2,1-2H3,(H,35,37)(H,36,38). The highest BCUT2D eigenvalue weighted by atomic mass is 35.5. The van der Waals surface area contributed by atoms with E-state index < -0.39 is 45.3 Å². The van der Waals surface area contributed by atoms with E-state index in [-0.39, 0.29) is 47.2 Å². The third-order valence-electron chi connectivity index (χ3n) is 5.23. The van der Waals surface area contributed by atoms with E-state index in [4.69, 9.17) is 32.7 Å². The van der Waals surface area contributed by atoms with Gasteiger partial charge >= 0.3 is 12.4 Å². The monoisotopic (exact) mass is 608 g/mol. The molecular formula is C26H20Cl2F6N2O4. The Balaban J connectivity index is 1.99. The van der Waals surface area contributed by atoms with Gasteiger partial charge in [-0.3, -0.25) is 9.59 Å². The lowest BCUT2D eigenvalue weighted by Gasteiger charge is -2.17. The molecule has 6 nitrogen and oxygen atoms in total. The fourth-order valence-corrected chi connectivity index (χ4v) is 3.95. The number of carbonyl (C=O) groups is 2. The summed E-state index contributed by atoms with van der Waals surface area (Å²) in [6.45, 7) is 3.22. The van der Waals surface area contributed by atoms with Gasteiger partial charge in [0.1, 0.15) is 11.5 Å². The van der Waals surface area contributed by atoms with Crippen LogP contribution in [-0.2, 0) is 12.4 Å². The summed E-state index contributed by atoms with van der Waals surface area (Å²) in [5.74, 6) is -2.05. The second kappa shape index (κ2) is 12.3. The van der Waals surface area contributed by atoms with Gasteiger partial charge in [0.2, 0.25) is 0 Å². The first-order valence-corrected chi connectivity index (χ1v) is 12.2. The number of carbonyl (C=O) groups excluding carboxylic acids is 2. The molecule has 0 aliphatic heterocycles. The summed E-state index contributed by atoms with van der Waals surface area (Å²) in [6, 6.07) is 7.89. The number of benzene rings is 3. The third-order valence-corrected chi connectivity index (χ3v) is 5.89. The predicted octanol–water partition coefficient (Wildman–Crippen LogP) is 8.33. The first-order valence-electron chi connectivity index (χ1n) is 11.5. The molecule has 2 N–H and O–H groups in total. The number of ether oxygens (including phenoxy) is 2. The van der Waals surface area contributed by atoms with Crippen LogP contribution in [-0.4, -0.2) is 25.0 Å². The van der Waals surface area contributed by atoms with Gasteiger partial charge in [-0.15, -0.1) is 0 Å². The zero-order valence-corrected chi connectivity index (χ0v) is 22.2. The van der Waals surface area contributed by atoms with E-state index >= 15 is 0 Å². The van der Waals surface area contributed by atoms with Gasteiger partial charge in [0.25, 0.3) is 11.8 Å². The Morgan fingerprint density at radius 3 is 1.32 bits per heavy atom. The summed E-state index contributed by atoms with van der Waals surface area (Å²) in [7, 11) is 0. The summed E-state index contributed by atoms with van der Waals surface area (Å²) in [6.07, 6.45) is -9.53. The Morgan fingerprint density at radius 1 is 0.675 bits per heavy atom. The van der Waals surface area contributed by atoms with Crippen LogP contribution < -0.4 is 20.1 Å². The normalized spacial score (nSPS) is 11.7. The summed E-state index contributed by atoms with van der Waals surface area (Å²) >= 11 is 11.3. The van der Waals surface area contributed by atoms with E-state index in [1.54, 1.807) is 13.8 Å².